The van der Waals surface area contributed by atoms with E-state index < -0.39 is 5.91 Å². The third kappa shape index (κ3) is 2.79. The van der Waals surface area contributed by atoms with E-state index in [1.807, 2.05) is 0 Å². The lowest BCUT2D eigenvalue weighted by molar-refractivity contribution is 0.1000. The van der Waals surface area contributed by atoms with Crippen LogP contribution in [0.5, 0.6) is 0 Å². The van der Waals surface area contributed by atoms with Crippen molar-refractivity contribution in [1.29, 1.82) is 0 Å². The second-order valence-corrected chi connectivity index (χ2v) is 4.69. The molecule has 1 amide bonds. The molecule has 4 N–H and O–H groups in total. The number of amides is 1. The summed E-state index contributed by atoms with van der Waals surface area (Å²) in [5, 5.41) is 0. The van der Waals surface area contributed by atoms with Gasteiger partial charge in [0, 0.05) is 24.3 Å². The Bertz CT molecular complexity index is 419. The fourth-order valence-corrected chi connectivity index (χ4v) is 2.52. The van der Waals surface area contributed by atoms with Crippen molar-refractivity contribution in [3.63, 3.8) is 0 Å². The van der Waals surface area contributed by atoms with Crippen molar-refractivity contribution in [2.45, 2.75) is 31.7 Å². The molecule has 1 unspecified atom stereocenters. The number of hydrogen-bond donors (Lipinski definition) is 2. The number of primary amides is 1. The van der Waals surface area contributed by atoms with Crippen LogP contribution in [0.25, 0.3) is 0 Å². The molecule has 2 rings (SSSR count). The fraction of sp³-hybridized carbons (Fsp3) is 0.538. The van der Waals surface area contributed by atoms with Gasteiger partial charge in [0.15, 0.2) is 0 Å². The van der Waals surface area contributed by atoms with E-state index in [0.29, 0.717) is 18.2 Å². The van der Waals surface area contributed by atoms with E-state index in [2.05, 4.69) is 9.88 Å². The van der Waals surface area contributed by atoms with Crippen molar-refractivity contribution in [1.82, 2.24) is 4.98 Å². The first-order valence-corrected chi connectivity index (χ1v) is 6.45. The molecule has 5 heteroatoms. The highest BCUT2D eigenvalue weighted by Gasteiger charge is 2.23. The summed E-state index contributed by atoms with van der Waals surface area (Å²) in [5.41, 5.74) is 11.5. The summed E-state index contributed by atoms with van der Waals surface area (Å²) in [6.07, 6.45) is 6.13. The number of hydrogen-bond acceptors (Lipinski definition) is 4. The minimum Gasteiger partial charge on any atom is -0.366 e. The third-order valence-electron chi connectivity index (χ3n) is 3.45. The van der Waals surface area contributed by atoms with Crippen LogP contribution in [0.2, 0.25) is 0 Å². The number of anilines is 1. The molecular weight excluding hydrogens is 228 g/mol. The quantitative estimate of drug-likeness (QED) is 0.828. The number of piperidine rings is 1. The number of carbonyl (C=O) groups is 1. The summed E-state index contributed by atoms with van der Waals surface area (Å²) < 4.78 is 0. The van der Waals surface area contributed by atoms with E-state index in [1.165, 1.54) is 6.42 Å². The monoisotopic (exact) mass is 248 g/mol. The summed E-state index contributed by atoms with van der Waals surface area (Å²) in [4.78, 5) is 17.8. The van der Waals surface area contributed by atoms with E-state index in [1.54, 1.807) is 18.3 Å². The van der Waals surface area contributed by atoms with Crippen LogP contribution in [-0.2, 0) is 0 Å². The Morgan fingerprint density at radius 1 is 1.50 bits per heavy atom. The maximum absolute atomic E-state index is 11.2. The minimum atomic E-state index is -0.411. The molecule has 0 saturated carbocycles. The van der Waals surface area contributed by atoms with Gasteiger partial charge in [-0.1, -0.05) is 0 Å². The van der Waals surface area contributed by atoms with Gasteiger partial charge in [0.2, 0.25) is 5.91 Å². The van der Waals surface area contributed by atoms with E-state index in [9.17, 15) is 4.79 Å². The highest BCUT2D eigenvalue weighted by Crippen LogP contribution is 2.25. The van der Waals surface area contributed by atoms with Crippen LogP contribution in [0.4, 0.5) is 5.82 Å². The van der Waals surface area contributed by atoms with Gasteiger partial charge in [-0.05, 0) is 44.4 Å². The lowest BCUT2D eigenvalue weighted by Gasteiger charge is -2.36. The smallest absolute Gasteiger partial charge is 0.248 e. The molecule has 1 aliphatic rings. The number of pyridine rings is 1. The number of aromatic nitrogens is 1. The normalized spacial score (nSPS) is 19.8. The standard InChI is InChI=1S/C13H20N4O/c14-6-4-11-3-1-2-8-17(11)12-9-10(13(15)18)5-7-16-12/h5,7,9,11H,1-4,6,8,14H2,(H2,15,18). The average molecular weight is 248 g/mol. The van der Waals surface area contributed by atoms with Crippen LogP contribution in [0.15, 0.2) is 18.3 Å². The molecule has 5 nitrogen and oxygen atoms in total. The van der Waals surface area contributed by atoms with Crippen LogP contribution in [0, 0.1) is 0 Å². The molecule has 0 bridgehead atoms. The molecule has 1 atom stereocenters. The number of nitrogens with zero attached hydrogens (tertiary/aromatic N) is 2. The highest BCUT2D eigenvalue weighted by atomic mass is 16.1. The maximum atomic E-state index is 11.2. The molecule has 98 valence electrons. The first-order chi connectivity index (χ1) is 8.72. The zero-order valence-electron chi connectivity index (χ0n) is 10.5. The van der Waals surface area contributed by atoms with Crippen molar-refractivity contribution in [3.05, 3.63) is 23.9 Å². The number of nitrogens with two attached hydrogens (primary N) is 2. The van der Waals surface area contributed by atoms with Crippen molar-refractivity contribution >= 4 is 11.7 Å². The van der Waals surface area contributed by atoms with Crippen molar-refractivity contribution in [3.8, 4) is 0 Å². The number of carbonyl (C=O) groups excluding carboxylic acids is 1. The van der Waals surface area contributed by atoms with Gasteiger partial charge in [0.25, 0.3) is 0 Å². The first-order valence-electron chi connectivity index (χ1n) is 6.45. The molecule has 1 aromatic rings. The maximum Gasteiger partial charge on any atom is 0.248 e. The Kier molecular flexibility index (Phi) is 4.15. The fourth-order valence-electron chi connectivity index (χ4n) is 2.52. The second-order valence-electron chi connectivity index (χ2n) is 4.69. The Balaban J connectivity index is 2.22. The van der Waals surface area contributed by atoms with Gasteiger partial charge >= 0.3 is 0 Å². The van der Waals surface area contributed by atoms with Gasteiger partial charge in [0.05, 0.1) is 0 Å². The number of rotatable bonds is 4. The second kappa shape index (κ2) is 5.82. The topological polar surface area (TPSA) is 85.2 Å². The van der Waals surface area contributed by atoms with Gasteiger partial charge in [-0.25, -0.2) is 4.98 Å². The van der Waals surface area contributed by atoms with E-state index in [-0.39, 0.29) is 0 Å². The van der Waals surface area contributed by atoms with Gasteiger partial charge < -0.3 is 16.4 Å². The average Bonchev–Trinajstić information content (AvgIpc) is 2.40. The molecule has 18 heavy (non-hydrogen) atoms. The Labute approximate surface area is 107 Å². The summed E-state index contributed by atoms with van der Waals surface area (Å²) in [7, 11) is 0. The minimum absolute atomic E-state index is 0.411. The van der Waals surface area contributed by atoms with Crippen LogP contribution in [-0.4, -0.2) is 30.0 Å². The molecule has 1 aliphatic heterocycles. The lowest BCUT2D eigenvalue weighted by Crippen LogP contribution is -2.41. The summed E-state index contributed by atoms with van der Waals surface area (Å²) in [5.74, 6) is 0.426. The van der Waals surface area contributed by atoms with Crippen molar-refractivity contribution < 1.29 is 4.79 Å². The Hall–Kier alpha value is -1.62. The molecule has 0 spiro atoms. The van der Waals surface area contributed by atoms with Gasteiger partial charge in [-0.2, -0.15) is 0 Å². The predicted octanol–water partition coefficient (Wildman–Crippen LogP) is 0.888. The molecule has 1 fully saturated rings. The van der Waals surface area contributed by atoms with Crippen molar-refractivity contribution in [2.24, 2.45) is 11.5 Å². The van der Waals surface area contributed by atoms with Gasteiger partial charge in [-0.15, -0.1) is 0 Å². The molecule has 0 aliphatic carbocycles. The molecule has 0 radical (unpaired) electrons. The molecule has 0 aromatic carbocycles. The van der Waals surface area contributed by atoms with Crippen molar-refractivity contribution in [2.75, 3.05) is 18.0 Å². The van der Waals surface area contributed by atoms with E-state index in [0.717, 1.165) is 31.6 Å². The van der Waals surface area contributed by atoms with Crippen LogP contribution < -0.4 is 16.4 Å². The van der Waals surface area contributed by atoms with E-state index in [4.69, 9.17) is 11.5 Å². The van der Waals surface area contributed by atoms with Gasteiger partial charge in [-0.3, -0.25) is 4.79 Å². The zero-order chi connectivity index (χ0) is 13.0. The zero-order valence-corrected chi connectivity index (χ0v) is 10.5. The Morgan fingerprint density at radius 3 is 3.06 bits per heavy atom. The predicted molar refractivity (Wildman–Crippen MR) is 71.4 cm³/mol. The first kappa shape index (κ1) is 12.8. The lowest BCUT2D eigenvalue weighted by atomic mass is 9.99. The van der Waals surface area contributed by atoms with Crippen LogP contribution in [0.3, 0.4) is 0 Å². The Morgan fingerprint density at radius 2 is 2.33 bits per heavy atom. The van der Waals surface area contributed by atoms with Gasteiger partial charge in [0.1, 0.15) is 5.82 Å². The van der Waals surface area contributed by atoms with Crippen LogP contribution >= 0.6 is 0 Å². The van der Waals surface area contributed by atoms with E-state index >= 15 is 0 Å². The molecular formula is C13H20N4O. The molecule has 1 aromatic heterocycles. The third-order valence-corrected chi connectivity index (χ3v) is 3.45. The molecule has 2 heterocycles. The largest absolute Gasteiger partial charge is 0.366 e. The summed E-state index contributed by atoms with van der Waals surface area (Å²) in [6.45, 7) is 1.65. The van der Waals surface area contributed by atoms with Crippen LogP contribution in [0.1, 0.15) is 36.0 Å². The summed E-state index contributed by atoms with van der Waals surface area (Å²) in [6, 6.07) is 3.85. The highest BCUT2D eigenvalue weighted by molar-refractivity contribution is 5.93. The molecule has 1 saturated heterocycles. The SMILES string of the molecule is NCCC1CCCCN1c1cc(C(N)=O)ccn1. The summed E-state index contributed by atoms with van der Waals surface area (Å²) >= 11 is 0.